The molecule has 0 aromatic heterocycles. The van der Waals surface area contributed by atoms with Crippen LogP contribution in [-0.2, 0) is 32.6 Å². The fourth-order valence-electron chi connectivity index (χ4n) is 4.78. The maximum Gasteiger partial charge on any atom is 0.243 e. The summed E-state index contributed by atoms with van der Waals surface area (Å²) in [6.45, 7) is 5.00. The van der Waals surface area contributed by atoms with Crippen LogP contribution in [0, 0.1) is 6.92 Å². The van der Waals surface area contributed by atoms with Gasteiger partial charge >= 0.3 is 0 Å². The number of anilines is 1. The Labute approximate surface area is 250 Å². The normalized spacial score (nSPS) is 11.9. The molecule has 1 unspecified atom stereocenters. The number of amides is 2. The van der Waals surface area contributed by atoms with Gasteiger partial charge in [0.25, 0.3) is 0 Å². The van der Waals surface area contributed by atoms with Crippen molar-refractivity contribution in [2.45, 2.75) is 58.5 Å². The van der Waals surface area contributed by atoms with Gasteiger partial charge in [0.1, 0.15) is 11.8 Å². The highest BCUT2D eigenvalue weighted by atomic mass is 32.2. The summed E-state index contributed by atoms with van der Waals surface area (Å²) < 4.78 is 31.8. The molecule has 0 spiro atoms. The van der Waals surface area contributed by atoms with Crippen molar-refractivity contribution in [2.75, 3.05) is 30.8 Å². The Bertz CT molecular complexity index is 1390. The van der Waals surface area contributed by atoms with E-state index in [1.807, 2.05) is 61.5 Å². The highest BCUT2D eigenvalue weighted by Crippen LogP contribution is 2.23. The van der Waals surface area contributed by atoms with Gasteiger partial charge in [-0.1, -0.05) is 67.9 Å². The van der Waals surface area contributed by atoms with Gasteiger partial charge in [0.15, 0.2) is 0 Å². The van der Waals surface area contributed by atoms with Crippen LogP contribution < -0.4 is 14.4 Å². The number of sulfonamides is 1. The van der Waals surface area contributed by atoms with E-state index in [1.165, 1.54) is 4.31 Å². The molecular formula is C33H43N3O5S. The molecule has 3 aromatic carbocycles. The molecular weight excluding hydrogens is 550 g/mol. The number of rotatable bonds is 16. The fraction of sp³-hybridized carbons (Fsp3) is 0.394. The molecule has 1 atom stereocenters. The third-order valence-corrected chi connectivity index (χ3v) is 8.41. The van der Waals surface area contributed by atoms with E-state index >= 15 is 0 Å². The average Bonchev–Trinajstić information content (AvgIpc) is 2.98. The average molecular weight is 594 g/mol. The van der Waals surface area contributed by atoms with Crippen molar-refractivity contribution < 1.29 is 22.7 Å². The number of ether oxygens (including phenoxy) is 1. The van der Waals surface area contributed by atoms with Gasteiger partial charge in [-0.05, 0) is 60.7 Å². The molecule has 0 aliphatic heterocycles. The van der Waals surface area contributed by atoms with Crippen LogP contribution in [-0.4, -0.2) is 57.6 Å². The van der Waals surface area contributed by atoms with Crippen molar-refractivity contribution in [3.63, 3.8) is 0 Å². The number of nitrogens with zero attached hydrogens (tertiary/aromatic N) is 2. The molecule has 0 fully saturated rings. The molecule has 0 radical (unpaired) electrons. The summed E-state index contributed by atoms with van der Waals surface area (Å²) in [4.78, 5) is 29.2. The summed E-state index contributed by atoms with van der Waals surface area (Å²) >= 11 is 0. The van der Waals surface area contributed by atoms with Crippen LogP contribution in [0.15, 0.2) is 78.9 Å². The van der Waals surface area contributed by atoms with Gasteiger partial charge < -0.3 is 15.0 Å². The number of carbonyl (C=O) groups excluding carboxylic acids is 2. The molecule has 9 heteroatoms. The van der Waals surface area contributed by atoms with Crippen LogP contribution >= 0.6 is 0 Å². The summed E-state index contributed by atoms with van der Waals surface area (Å²) in [5.41, 5.74) is 3.45. The number of hydrogen-bond acceptors (Lipinski definition) is 5. The standard InChI is InChI=1S/C33H43N3O5S/c1-5-6-22-34-33(38)31(24-27-14-8-7-9-15-27)35(25-28-16-11-10-13-26(28)2)32(37)17-12-23-36(42(4,39)40)29-18-20-30(41-3)21-19-29/h7-11,13-16,18-21,31H,5-6,12,17,22-25H2,1-4H3,(H,34,38). The molecule has 1 N–H and O–H groups in total. The maximum atomic E-state index is 13.9. The van der Waals surface area contributed by atoms with Crippen LogP contribution in [0.1, 0.15) is 49.3 Å². The van der Waals surface area contributed by atoms with Crippen LogP contribution in [0.2, 0.25) is 0 Å². The zero-order valence-electron chi connectivity index (χ0n) is 25.1. The number of methoxy groups -OCH3 is 1. The topological polar surface area (TPSA) is 96.0 Å². The molecule has 0 aliphatic rings. The van der Waals surface area contributed by atoms with Crippen molar-refractivity contribution in [1.82, 2.24) is 10.2 Å². The van der Waals surface area contributed by atoms with Gasteiger partial charge in [-0.15, -0.1) is 0 Å². The van der Waals surface area contributed by atoms with Crippen molar-refractivity contribution >= 4 is 27.5 Å². The quantitative estimate of drug-likeness (QED) is 0.233. The van der Waals surface area contributed by atoms with Crippen LogP contribution in [0.3, 0.4) is 0 Å². The van der Waals surface area contributed by atoms with Gasteiger partial charge in [0, 0.05) is 32.5 Å². The first-order valence-corrected chi connectivity index (χ1v) is 16.3. The van der Waals surface area contributed by atoms with Crippen molar-refractivity contribution in [3.8, 4) is 5.75 Å². The highest BCUT2D eigenvalue weighted by molar-refractivity contribution is 7.92. The number of carbonyl (C=O) groups is 2. The third-order valence-electron chi connectivity index (χ3n) is 7.22. The first kappa shape index (κ1) is 32.7. The Kier molecular flexibility index (Phi) is 12.4. The Balaban J connectivity index is 1.87. The Morgan fingerprint density at radius 1 is 0.929 bits per heavy atom. The molecule has 0 aliphatic carbocycles. The Morgan fingerprint density at radius 3 is 2.21 bits per heavy atom. The number of unbranched alkanes of at least 4 members (excludes halogenated alkanes) is 1. The molecule has 0 heterocycles. The summed E-state index contributed by atoms with van der Waals surface area (Å²) in [5, 5.41) is 3.03. The summed E-state index contributed by atoms with van der Waals surface area (Å²) in [7, 11) is -2.04. The zero-order valence-corrected chi connectivity index (χ0v) is 25.9. The molecule has 42 heavy (non-hydrogen) atoms. The number of aryl methyl sites for hydroxylation is 1. The molecule has 0 saturated carbocycles. The minimum Gasteiger partial charge on any atom is -0.497 e. The molecule has 0 saturated heterocycles. The maximum absolute atomic E-state index is 13.9. The molecule has 8 nitrogen and oxygen atoms in total. The summed E-state index contributed by atoms with van der Waals surface area (Å²) in [6, 6.07) is 23.6. The van der Waals surface area contributed by atoms with E-state index in [0.717, 1.165) is 35.8 Å². The lowest BCUT2D eigenvalue weighted by atomic mass is 10.0. The predicted octanol–water partition coefficient (Wildman–Crippen LogP) is 5.11. The lowest BCUT2D eigenvalue weighted by Crippen LogP contribution is -2.50. The van der Waals surface area contributed by atoms with E-state index in [4.69, 9.17) is 4.74 Å². The molecule has 226 valence electrons. The van der Waals surface area contributed by atoms with Crippen molar-refractivity contribution in [3.05, 3.63) is 95.6 Å². The largest absolute Gasteiger partial charge is 0.497 e. The van der Waals surface area contributed by atoms with E-state index in [1.54, 1.807) is 36.3 Å². The SMILES string of the molecule is CCCCNC(=O)C(Cc1ccccc1)N(Cc1ccccc1C)C(=O)CCCN(c1ccc(OC)cc1)S(C)(=O)=O. The van der Waals surface area contributed by atoms with E-state index in [9.17, 15) is 18.0 Å². The van der Waals surface area contributed by atoms with E-state index in [-0.39, 0.29) is 37.7 Å². The lowest BCUT2D eigenvalue weighted by Gasteiger charge is -2.32. The van der Waals surface area contributed by atoms with Gasteiger partial charge in [-0.25, -0.2) is 8.42 Å². The van der Waals surface area contributed by atoms with E-state index in [0.29, 0.717) is 24.4 Å². The smallest absolute Gasteiger partial charge is 0.243 e. The minimum atomic E-state index is -3.59. The predicted molar refractivity (Wildman–Crippen MR) is 168 cm³/mol. The molecule has 3 rings (SSSR count). The highest BCUT2D eigenvalue weighted by Gasteiger charge is 2.30. The molecule has 2 amide bonds. The van der Waals surface area contributed by atoms with E-state index < -0.39 is 16.1 Å². The first-order valence-electron chi connectivity index (χ1n) is 14.4. The van der Waals surface area contributed by atoms with Crippen LogP contribution in [0.4, 0.5) is 5.69 Å². The van der Waals surface area contributed by atoms with Gasteiger partial charge in [0.05, 0.1) is 19.1 Å². The van der Waals surface area contributed by atoms with Crippen molar-refractivity contribution in [1.29, 1.82) is 0 Å². The second-order valence-electron chi connectivity index (χ2n) is 10.4. The third kappa shape index (κ3) is 9.62. The molecule has 0 bridgehead atoms. The fourth-order valence-corrected chi connectivity index (χ4v) is 5.75. The first-order chi connectivity index (χ1) is 20.1. The van der Waals surface area contributed by atoms with Crippen molar-refractivity contribution in [2.24, 2.45) is 0 Å². The number of hydrogen-bond donors (Lipinski definition) is 1. The second-order valence-corrected chi connectivity index (χ2v) is 12.3. The minimum absolute atomic E-state index is 0.0849. The van der Waals surface area contributed by atoms with Gasteiger partial charge in [-0.2, -0.15) is 0 Å². The summed E-state index contributed by atoms with van der Waals surface area (Å²) in [5.74, 6) is 0.231. The van der Waals surface area contributed by atoms with Gasteiger partial charge in [-0.3, -0.25) is 13.9 Å². The number of nitrogens with one attached hydrogen (secondary N) is 1. The van der Waals surface area contributed by atoms with Crippen LogP contribution in [0.25, 0.3) is 0 Å². The van der Waals surface area contributed by atoms with Gasteiger partial charge in [0.2, 0.25) is 21.8 Å². The number of benzene rings is 3. The van der Waals surface area contributed by atoms with E-state index in [2.05, 4.69) is 12.2 Å². The Morgan fingerprint density at radius 2 is 1.60 bits per heavy atom. The van der Waals surface area contributed by atoms with Crippen LogP contribution in [0.5, 0.6) is 5.75 Å². The zero-order chi connectivity index (χ0) is 30.5. The molecule has 3 aromatic rings. The second kappa shape index (κ2) is 16.0. The monoisotopic (exact) mass is 593 g/mol. The Hall–Kier alpha value is -3.85. The summed E-state index contributed by atoms with van der Waals surface area (Å²) in [6.07, 6.45) is 3.69. The lowest BCUT2D eigenvalue weighted by molar-refractivity contribution is -0.141.